The number of ether oxygens (including phenoxy) is 2. The number of rotatable bonds is 9. The summed E-state index contributed by atoms with van der Waals surface area (Å²) in [6.45, 7) is 4.61. The lowest BCUT2D eigenvalue weighted by molar-refractivity contribution is -0.139. The molecule has 1 aliphatic rings. The Labute approximate surface area is 160 Å². The number of aromatic nitrogens is 3. The molecule has 1 aromatic heterocycles. The number of nitrogens with zero attached hydrogens (tertiary/aromatic N) is 4. The quantitative estimate of drug-likeness (QED) is 0.677. The Hall–Kier alpha value is -2.41. The van der Waals surface area contributed by atoms with Gasteiger partial charge in [0.1, 0.15) is 24.7 Å². The molecule has 1 unspecified atom stereocenters. The topological polar surface area (TPSA) is 69.5 Å². The first-order chi connectivity index (χ1) is 13.3. The highest BCUT2D eigenvalue weighted by Gasteiger charge is 2.26. The summed E-state index contributed by atoms with van der Waals surface area (Å²) in [5, 5.41) is 8.37. The maximum atomic E-state index is 12.4. The molecule has 1 fully saturated rings. The van der Waals surface area contributed by atoms with E-state index in [1.165, 1.54) is 0 Å². The van der Waals surface area contributed by atoms with E-state index in [0.29, 0.717) is 13.2 Å². The second kappa shape index (κ2) is 10.1. The Morgan fingerprint density at radius 3 is 2.93 bits per heavy atom. The third-order valence-corrected chi connectivity index (χ3v) is 4.78. The van der Waals surface area contributed by atoms with Gasteiger partial charge in [0.05, 0.1) is 6.20 Å². The molecular weight excluding hydrogens is 344 g/mol. The lowest BCUT2D eigenvalue weighted by Crippen LogP contribution is -2.45. The van der Waals surface area contributed by atoms with Crippen molar-refractivity contribution in [3.8, 4) is 5.75 Å². The summed E-state index contributed by atoms with van der Waals surface area (Å²) in [4.78, 5) is 14.3. The number of likely N-dealkylation sites (tertiary alicyclic amines) is 1. The van der Waals surface area contributed by atoms with E-state index < -0.39 is 0 Å². The highest BCUT2D eigenvalue weighted by molar-refractivity contribution is 5.77. The fraction of sp³-hybridized carbons (Fsp3) is 0.550. The van der Waals surface area contributed by atoms with Crippen molar-refractivity contribution in [3.05, 3.63) is 42.2 Å². The monoisotopic (exact) mass is 372 g/mol. The maximum Gasteiger partial charge on any atom is 0.248 e. The van der Waals surface area contributed by atoms with Gasteiger partial charge in [-0.25, -0.2) is 0 Å². The smallest absolute Gasteiger partial charge is 0.248 e. The van der Waals surface area contributed by atoms with E-state index in [-0.39, 0.29) is 18.6 Å². The van der Waals surface area contributed by atoms with Gasteiger partial charge < -0.3 is 14.4 Å². The predicted octanol–water partition coefficient (Wildman–Crippen LogP) is 2.66. The van der Waals surface area contributed by atoms with Gasteiger partial charge in [-0.3, -0.25) is 9.48 Å². The second-order valence-electron chi connectivity index (χ2n) is 6.74. The number of carbonyl (C=O) groups is 1. The minimum Gasteiger partial charge on any atom is -0.487 e. The molecule has 1 atom stereocenters. The van der Waals surface area contributed by atoms with Crippen LogP contribution in [0.4, 0.5) is 0 Å². The van der Waals surface area contributed by atoms with Crippen LogP contribution in [-0.2, 0) is 22.7 Å². The van der Waals surface area contributed by atoms with E-state index in [2.05, 4.69) is 10.3 Å². The Balaban J connectivity index is 1.48. The minimum atomic E-state index is 0.0945. The SMILES string of the molecule is CCOCC(=O)N1CCCCC1CCn1cc(COc2ccccc2)nn1. The summed E-state index contributed by atoms with van der Waals surface area (Å²) >= 11 is 0. The molecule has 3 rings (SSSR count). The number of aryl methyl sites for hydroxylation is 1. The van der Waals surface area contributed by atoms with Gasteiger partial charge >= 0.3 is 0 Å². The largest absolute Gasteiger partial charge is 0.487 e. The van der Waals surface area contributed by atoms with E-state index in [1.807, 2.05) is 53.0 Å². The molecule has 27 heavy (non-hydrogen) atoms. The predicted molar refractivity (Wildman–Crippen MR) is 101 cm³/mol. The molecule has 1 saturated heterocycles. The Morgan fingerprint density at radius 2 is 2.11 bits per heavy atom. The van der Waals surface area contributed by atoms with E-state index in [4.69, 9.17) is 9.47 Å². The number of para-hydroxylation sites is 1. The van der Waals surface area contributed by atoms with Crippen molar-refractivity contribution < 1.29 is 14.3 Å². The fourth-order valence-corrected chi connectivity index (χ4v) is 3.37. The van der Waals surface area contributed by atoms with Crippen molar-refractivity contribution in [2.24, 2.45) is 0 Å². The number of hydrogen-bond donors (Lipinski definition) is 0. The third kappa shape index (κ3) is 5.79. The summed E-state index contributed by atoms with van der Waals surface area (Å²) < 4.78 is 12.8. The average molecular weight is 372 g/mol. The summed E-state index contributed by atoms with van der Waals surface area (Å²) in [5.41, 5.74) is 0.798. The van der Waals surface area contributed by atoms with Gasteiger partial charge in [-0.05, 0) is 44.7 Å². The van der Waals surface area contributed by atoms with Crippen LogP contribution in [0.25, 0.3) is 0 Å². The van der Waals surface area contributed by atoms with Crippen LogP contribution >= 0.6 is 0 Å². The molecular formula is C20H28N4O3. The lowest BCUT2D eigenvalue weighted by atomic mass is 9.99. The molecule has 2 heterocycles. The average Bonchev–Trinajstić information content (AvgIpc) is 3.18. The fourth-order valence-electron chi connectivity index (χ4n) is 3.37. The van der Waals surface area contributed by atoms with Crippen molar-refractivity contribution in [2.75, 3.05) is 19.8 Å². The van der Waals surface area contributed by atoms with Crippen LogP contribution in [0.3, 0.4) is 0 Å². The molecule has 0 N–H and O–H groups in total. The van der Waals surface area contributed by atoms with Gasteiger partial charge in [0.15, 0.2) is 0 Å². The zero-order valence-electron chi connectivity index (χ0n) is 15.9. The minimum absolute atomic E-state index is 0.0945. The summed E-state index contributed by atoms with van der Waals surface area (Å²) in [6, 6.07) is 9.92. The Morgan fingerprint density at radius 1 is 1.26 bits per heavy atom. The molecule has 0 aliphatic carbocycles. The molecule has 146 valence electrons. The number of amides is 1. The van der Waals surface area contributed by atoms with Crippen LogP contribution in [0.2, 0.25) is 0 Å². The van der Waals surface area contributed by atoms with Crippen LogP contribution < -0.4 is 4.74 Å². The first-order valence-corrected chi connectivity index (χ1v) is 9.70. The second-order valence-corrected chi connectivity index (χ2v) is 6.74. The maximum absolute atomic E-state index is 12.4. The molecule has 7 heteroatoms. The van der Waals surface area contributed by atoms with Crippen molar-refractivity contribution in [1.29, 1.82) is 0 Å². The molecule has 7 nitrogen and oxygen atoms in total. The highest BCUT2D eigenvalue weighted by Crippen LogP contribution is 2.20. The first kappa shape index (κ1) is 19.4. The van der Waals surface area contributed by atoms with Gasteiger partial charge in [0, 0.05) is 25.7 Å². The molecule has 0 bridgehead atoms. The van der Waals surface area contributed by atoms with Crippen LogP contribution in [0, 0.1) is 0 Å². The molecule has 2 aromatic rings. The van der Waals surface area contributed by atoms with E-state index in [9.17, 15) is 4.79 Å². The number of hydrogen-bond acceptors (Lipinski definition) is 5. The standard InChI is InChI=1S/C20H28N4O3/c1-2-26-16-20(25)24-12-7-6-8-18(24)11-13-23-14-17(21-22-23)15-27-19-9-4-3-5-10-19/h3-5,9-10,14,18H,2,6-8,11-13,15-16H2,1H3. The molecule has 1 amide bonds. The highest BCUT2D eigenvalue weighted by atomic mass is 16.5. The van der Waals surface area contributed by atoms with Gasteiger partial charge in [-0.1, -0.05) is 23.4 Å². The van der Waals surface area contributed by atoms with Crippen molar-refractivity contribution in [2.45, 2.75) is 51.8 Å². The van der Waals surface area contributed by atoms with E-state index in [0.717, 1.165) is 50.2 Å². The van der Waals surface area contributed by atoms with Gasteiger partial charge in [0.2, 0.25) is 5.91 Å². The van der Waals surface area contributed by atoms with Gasteiger partial charge in [0.25, 0.3) is 0 Å². The van der Waals surface area contributed by atoms with Crippen LogP contribution in [0.15, 0.2) is 36.5 Å². The molecule has 0 radical (unpaired) electrons. The summed E-state index contributed by atoms with van der Waals surface area (Å²) in [5.74, 6) is 0.912. The summed E-state index contributed by atoms with van der Waals surface area (Å²) in [7, 11) is 0. The zero-order valence-corrected chi connectivity index (χ0v) is 15.9. The van der Waals surface area contributed by atoms with Gasteiger partial charge in [-0.2, -0.15) is 0 Å². The summed E-state index contributed by atoms with van der Waals surface area (Å²) in [6.07, 6.45) is 6.06. The van der Waals surface area contributed by atoms with Crippen LogP contribution in [-0.4, -0.2) is 51.6 Å². The molecule has 1 aromatic carbocycles. The third-order valence-electron chi connectivity index (χ3n) is 4.78. The van der Waals surface area contributed by atoms with E-state index >= 15 is 0 Å². The number of benzene rings is 1. The van der Waals surface area contributed by atoms with Crippen LogP contribution in [0.1, 0.15) is 38.3 Å². The lowest BCUT2D eigenvalue weighted by Gasteiger charge is -2.35. The molecule has 0 spiro atoms. The molecule has 0 saturated carbocycles. The van der Waals surface area contributed by atoms with Gasteiger partial charge in [-0.15, -0.1) is 5.10 Å². The van der Waals surface area contributed by atoms with Crippen molar-refractivity contribution in [3.63, 3.8) is 0 Å². The Bertz CT molecular complexity index is 704. The first-order valence-electron chi connectivity index (χ1n) is 9.70. The van der Waals surface area contributed by atoms with E-state index in [1.54, 1.807) is 0 Å². The number of carbonyl (C=O) groups excluding carboxylic acids is 1. The normalized spacial score (nSPS) is 17.1. The van der Waals surface area contributed by atoms with Crippen molar-refractivity contribution in [1.82, 2.24) is 19.9 Å². The Kier molecular flexibility index (Phi) is 7.21. The molecule has 1 aliphatic heterocycles. The zero-order chi connectivity index (χ0) is 18.9. The van der Waals surface area contributed by atoms with Crippen molar-refractivity contribution >= 4 is 5.91 Å². The van der Waals surface area contributed by atoms with Crippen LogP contribution in [0.5, 0.6) is 5.75 Å². The number of piperidine rings is 1.